The zero-order valence-electron chi connectivity index (χ0n) is 11.7. The first-order valence-electron chi connectivity index (χ1n) is 6.97. The molecular weight excluding hydrogens is 270 g/mol. The molecule has 2 N–H and O–H groups in total. The van der Waals surface area contributed by atoms with Gasteiger partial charge in [0, 0.05) is 0 Å². The van der Waals surface area contributed by atoms with E-state index in [0.717, 1.165) is 6.42 Å². The zero-order valence-corrected chi connectivity index (χ0v) is 11.7. The molecule has 0 saturated heterocycles. The fourth-order valence-electron chi connectivity index (χ4n) is 3.48. The number of benzene rings is 1. The number of nitrogens with one attached hydrogen (secondary N) is 1. The zero-order chi connectivity index (χ0) is 15.0. The molecule has 1 saturated carbocycles. The molecule has 0 radical (unpaired) electrons. The highest BCUT2D eigenvalue weighted by atomic mass is 16.5. The number of para-hydroxylation sites is 2. The molecule has 110 valence electrons. The van der Waals surface area contributed by atoms with E-state index in [1.807, 2.05) is 18.2 Å². The van der Waals surface area contributed by atoms with Crippen molar-refractivity contribution < 1.29 is 19.4 Å². The van der Waals surface area contributed by atoms with Crippen LogP contribution in [0.5, 0.6) is 5.75 Å². The third kappa shape index (κ3) is 2.28. The van der Waals surface area contributed by atoms with E-state index >= 15 is 0 Å². The molecule has 5 nitrogen and oxygen atoms in total. The van der Waals surface area contributed by atoms with Gasteiger partial charge in [0.05, 0.1) is 24.6 Å². The minimum atomic E-state index is -0.896. The lowest BCUT2D eigenvalue weighted by atomic mass is 9.82. The van der Waals surface area contributed by atoms with Crippen LogP contribution < -0.4 is 10.1 Å². The Hall–Kier alpha value is -2.30. The normalized spacial score (nSPS) is 29.4. The summed E-state index contributed by atoms with van der Waals surface area (Å²) >= 11 is 0. The summed E-state index contributed by atoms with van der Waals surface area (Å²) < 4.78 is 5.20. The van der Waals surface area contributed by atoms with E-state index in [1.165, 1.54) is 7.11 Å². The molecule has 0 heterocycles. The Morgan fingerprint density at radius 1 is 1.19 bits per heavy atom. The number of carbonyl (C=O) groups is 2. The van der Waals surface area contributed by atoms with Crippen LogP contribution in [0.3, 0.4) is 0 Å². The monoisotopic (exact) mass is 287 g/mol. The van der Waals surface area contributed by atoms with Gasteiger partial charge in [0.2, 0.25) is 5.91 Å². The number of methoxy groups -OCH3 is 1. The minimum Gasteiger partial charge on any atom is -0.495 e. The summed E-state index contributed by atoms with van der Waals surface area (Å²) in [6.45, 7) is 0. The van der Waals surface area contributed by atoms with Crippen LogP contribution in [0.4, 0.5) is 5.69 Å². The summed E-state index contributed by atoms with van der Waals surface area (Å²) in [7, 11) is 1.53. The lowest BCUT2D eigenvalue weighted by molar-refractivity contribution is -0.146. The van der Waals surface area contributed by atoms with Crippen molar-refractivity contribution in [2.75, 3.05) is 12.4 Å². The summed E-state index contributed by atoms with van der Waals surface area (Å²) in [5.41, 5.74) is 0.570. The second-order valence-corrected chi connectivity index (χ2v) is 5.53. The molecule has 2 aliphatic rings. The molecule has 0 spiro atoms. The number of amides is 1. The van der Waals surface area contributed by atoms with Crippen LogP contribution >= 0.6 is 0 Å². The average molecular weight is 287 g/mol. The number of hydrogen-bond donors (Lipinski definition) is 2. The van der Waals surface area contributed by atoms with E-state index in [-0.39, 0.29) is 17.7 Å². The van der Waals surface area contributed by atoms with Crippen molar-refractivity contribution in [1.82, 2.24) is 0 Å². The fraction of sp³-hybridized carbons (Fsp3) is 0.375. The van der Waals surface area contributed by atoms with Gasteiger partial charge >= 0.3 is 5.97 Å². The van der Waals surface area contributed by atoms with E-state index in [4.69, 9.17) is 4.74 Å². The van der Waals surface area contributed by atoms with Crippen molar-refractivity contribution in [2.24, 2.45) is 23.7 Å². The standard InChI is InChI=1S/C16H17NO4/c1-21-12-5-3-2-4-11(12)17-15(18)13-9-6-7-10(8-9)14(13)16(19)20/h2-7,9-10,13-14H,8H2,1H3,(H,17,18)(H,19,20)/t9?,10?,13-,14+/m0/s1. The molecule has 21 heavy (non-hydrogen) atoms. The third-order valence-corrected chi connectivity index (χ3v) is 4.41. The predicted octanol–water partition coefficient (Wildman–Crippen LogP) is 2.16. The highest BCUT2D eigenvalue weighted by Gasteiger charge is 2.51. The van der Waals surface area contributed by atoms with Crippen LogP contribution in [-0.4, -0.2) is 24.1 Å². The summed E-state index contributed by atoms with van der Waals surface area (Å²) in [5.74, 6) is -1.73. The lowest BCUT2D eigenvalue weighted by Gasteiger charge is -2.24. The highest BCUT2D eigenvalue weighted by molar-refractivity contribution is 5.97. The Kier molecular flexibility index (Phi) is 3.41. The average Bonchev–Trinajstić information content (AvgIpc) is 3.08. The van der Waals surface area contributed by atoms with Crippen molar-refractivity contribution in [1.29, 1.82) is 0 Å². The van der Waals surface area contributed by atoms with E-state index < -0.39 is 17.8 Å². The number of carbonyl (C=O) groups excluding carboxylic acids is 1. The summed E-state index contributed by atoms with van der Waals surface area (Å²) in [6, 6.07) is 7.11. The molecule has 0 aromatic heterocycles. The third-order valence-electron chi connectivity index (χ3n) is 4.41. The molecule has 1 aromatic rings. The maximum atomic E-state index is 12.5. The number of aliphatic carboxylic acids is 1. The molecule has 1 fully saturated rings. The highest BCUT2D eigenvalue weighted by Crippen LogP contribution is 2.48. The van der Waals surface area contributed by atoms with Gasteiger partial charge in [-0.05, 0) is 30.4 Å². The number of carboxylic acids is 1. The molecule has 2 unspecified atom stereocenters. The largest absolute Gasteiger partial charge is 0.495 e. The molecular formula is C16H17NO4. The molecule has 0 aliphatic heterocycles. The Morgan fingerprint density at radius 2 is 1.86 bits per heavy atom. The van der Waals surface area contributed by atoms with Crippen LogP contribution in [0, 0.1) is 23.7 Å². The minimum absolute atomic E-state index is 0.0193. The van der Waals surface area contributed by atoms with Gasteiger partial charge in [-0.15, -0.1) is 0 Å². The van der Waals surface area contributed by atoms with Crippen LogP contribution in [0.2, 0.25) is 0 Å². The van der Waals surface area contributed by atoms with Crippen LogP contribution in [0.25, 0.3) is 0 Å². The second-order valence-electron chi connectivity index (χ2n) is 5.53. The first kappa shape index (κ1) is 13.7. The first-order chi connectivity index (χ1) is 10.1. The number of carboxylic acid groups (broad SMARTS) is 1. The van der Waals surface area contributed by atoms with Gasteiger partial charge in [-0.25, -0.2) is 0 Å². The van der Waals surface area contributed by atoms with Crippen LogP contribution in [0.1, 0.15) is 6.42 Å². The SMILES string of the molecule is COc1ccccc1NC(=O)[C@H]1C2C=CC(C2)[C@H]1C(=O)O. The molecule has 2 bridgehead atoms. The summed E-state index contributed by atoms with van der Waals surface area (Å²) in [4.78, 5) is 24.0. The Bertz CT molecular complexity index is 610. The van der Waals surface area contributed by atoms with E-state index in [0.29, 0.717) is 11.4 Å². The molecule has 5 heteroatoms. The number of anilines is 1. The van der Waals surface area contributed by atoms with E-state index in [2.05, 4.69) is 5.32 Å². The molecule has 2 aliphatic carbocycles. The Balaban J connectivity index is 1.82. The van der Waals surface area contributed by atoms with E-state index in [1.54, 1.807) is 18.2 Å². The summed E-state index contributed by atoms with van der Waals surface area (Å²) in [6.07, 6.45) is 4.65. The topological polar surface area (TPSA) is 75.6 Å². The van der Waals surface area contributed by atoms with Crippen molar-refractivity contribution >= 4 is 17.6 Å². The predicted molar refractivity (Wildman–Crippen MR) is 77.0 cm³/mol. The first-order valence-corrected chi connectivity index (χ1v) is 6.97. The Labute approximate surface area is 122 Å². The maximum Gasteiger partial charge on any atom is 0.307 e. The summed E-state index contributed by atoms with van der Waals surface area (Å²) in [5, 5.41) is 12.2. The lowest BCUT2D eigenvalue weighted by Crippen LogP contribution is -2.36. The van der Waals surface area contributed by atoms with Crippen molar-refractivity contribution in [3.05, 3.63) is 36.4 Å². The van der Waals surface area contributed by atoms with Gasteiger partial charge in [0.1, 0.15) is 5.75 Å². The molecule has 1 aromatic carbocycles. The van der Waals surface area contributed by atoms with Crippen LogP contribution in [0.15, 0.2) is 36.4 Å². The van der Waals surface area contributed by atoms with Crippen molar-refractivity contribution in [3.8, 4) is 5.75 Å². The Morgan fingerprint density at radius 3 is 2.52 bits per heavy atom. The van der Waals surface area contributed by atoms with Gasteiger partial charge in [-0.1, -0.05) is 24.3 Å². The second kappa shape index (κ2) is 5.24. The number of rotatable bonds is 4. The molecule has 1 amide bonds. The number of fused-ring (bicyclic) bond motifs is 2. The van der Waals surface area contributed by atoms with Crippen molar-refractivity contribution in [2.45, 2.75) is 6.42 Å². The number of allylic oxidation sites excluding steroid dienone is 2. The van der Waals surface area contributed by atoms with Gasteiger partial charge < -0.3 is 15.2 Å². The van der Waals surface area contributed by atoms with E-state index in [9.17, 15) is 14.7 Å². The number of ether oxygens (including phenoxy) is 1. The quantitative estimate of drug-likeness (QED) is 0.832. The smallest absolute Gasteiger partial charge is 0.307 e. The fourth-order valence-corrected chi connectivity index (χ4v) is 3.48. The van der Waals surface area contributed by atoms with Gasteiger partial charge in [-0.2, -0.15) is 0 Å². The van der Waals surface area contributed by atoms with Gasteiger partial charge in [0.15, 0.2) is 0 Å². The van der Waals surface area contributed by atoms with Crippen LogP contribution in [-0.2, 0) is 9.59 Å². The maximum absolute atomic E-state index is 12.5. The van der Waals surface area contributed by atoms with Crippen molar-refractivity contribution in [3.63, 3.8) is 0 Å². The molecule has 4 atom stereocenters. The number of hydrogen-bond acceptors (Lipinski definition) is 3. The molecule has 3 rings (SSSR count). The van der Waals surface area contributed by atoms with Gasteiger partial charge in [-0.3, -0.25) is 9.59 Å². The van der Waals surface area contributed by atoms with Gasteiger partial charge in [0.25, 0.3) is 0 Å².